The lowest BCUT2D eigenvalue weighted by molar-refractivity contribution is -0.115. The summed E-state index contributed by atoms with van der Waals surface area (Å²) >= 11 is 1.13. The van der Waals surface area contributed by atoms with E-state index in [2.05, 4.69) is 20.8 Å². The molecule has 0 aliphatic heterocycles. The van der Waals surface area contributed by atoms with Crippen LogP contribution in [0.15, 0.2) is 53.7 Å². The zero-order valence-electron chi connectivity index (χ0n) is 14.2. The van der Waals surface area contributed by atoms with E-state index in [4.69, 9.17) is 5.73 Å². The van der Waals surface area contributed by atoms with Crippen LogP contribution in [0.4, 0.5) is 10.1 Å². The van der Waals surface area contributed by atoms with Crippen LogP contribution in [0.3, 0.4) is 0 Å². The van der Waals surface area contributed by atoms with Gasteiger partial charge in [0.05, 0.1) is 10.9 Å². The Balaban J connectivity index is 1.69. The zero-order valence-corrected chi connectivity index (χ0v) is 15.0. The molecule has 0 bridgehead atoms. The third-order valence-corrected chi connectivity index (χ3v) is 4.62. The number of rotatable bonds is 6. The molecule has 3 aromatic rings. The van der Waals surface area contributed by atoms with Gasteiger partial charge in [0.15, 0.2) is 0 Å². The summed E-state index contributed by atoms with van der Waals surface area (Å²) in [6.07, 6.45) is 0. The summed E-state index contributed by atoms with van der Waals surface area (Å²) in [4.78, 5) is 23.5. The van der Waals surface area contributed by atoms with E-state index < -0.39 is 17.0 Å². The van der Waals surface area contributed by atoms with Crippen LogP contribution in [0, 0.1) is 5.82 Å². The van der Waals surface area contributed by atoms with E-state index in [1.807, 2.05) is 0 Å². The Labute approximate surface area is 157 Å². The van der Waals surface area contributed by atoms with Crippen LogP contribution in [0.2, 0.25) is 0 Å². The number of hydrogen-bond acceptors (Lipinski definition) is 6. The molecule has 0 saturated heterocycles. The van der Waals surface area contributed by atoms with E-state index in [9.17, 15) is 14.0 Å². The number of nitrogens with zero attached hydrogens (tertiary/aromatic N) is 4. The van der Waals surface area contributed by atoms with Crippen molar-refractivity contribution in [2.24, 2.45) is 5.73 Å². The van der Waals surface area contributed by atoms with Gasteiger partial charge in [0.1, 0.15) is 5.82 Å². The zero-order chi connectivity index (χ0) is 19.4. The predicted molar refractivity (Wildman–Crippen MR) is 98.0 cm³/mol. The molecule has 0 fully saturated rings. The Kier molecular flexibility index (Phi) is 5.46. The van der Waals surface area contributed by atoms with Crippen molar-refractivity contribution in [2.75, 3.05) is 5.32 Å². The fourth-order valence-corrected chi connectivity index (χ4v) is 3.00. The van der Waals surface area contributed by atoms with Gasteiger partial charge in [0.2, 0.25) is 17.0 Å². The molecule has 1 unspecified atom stereocenters. The van der Waals surface area contributed by atoms with Gasteiger partial charge >= 0.3 is 0 Å². The number of hydrogen-bond donors (Lipinski definition) is 2. The van der Waals surface area contributed by atoms with Gasteiger partial charge in [-0.3, -0.25) is 9.59 Å². The molecule has 3 rings (SSSR count). The number of aromatic nitrogens is 4. The molecular formula is C17H15FN6O2S. The molecule has 0 aliphatic rings. The normalized spacial score (nSPS) is 11.8. The van der Waals surface area contributed by atoms with Gasteiger partial charge in [-0.15, -0.1) is 5.10 Å². The van der Waals surface area contributed by atoms with Crippen LogP contribution in [-0.2, 0) is 4.79 Å². The van der Waals surface area contributed by atoms with Crippen molar-refractivity contribution in [1.82, 2.24) is 20.2 Å². The quantitative estimate of drug-likeness (QED) is 0.626. The maximum absolute atomic E-state index is 13.4. The summed E-state index contributed by atoms with van der Waals surface area (Å²) < 4.78 is 14.8. The minimum Gasteiger partial charge on any atom is -0.366 e. The molecule has 8 nitrogen and oxygen atoms in total. The van der Waals surface area contributed by atoms with Crippen molar-refractivity contribution >= 4 is 29.3 Å². The Morgan fingerprint density at radius 3 is 2.63 bits per heavy atom. The number of benzene rings is 2. The first-order chi connectivity index (χ1) is 12.9. The molecular weight excluding hydrogens is 371 g/mol. The van der Waals surface area contributed by atoms with Crippen molar-refractivity contribution < 1.29 is 14.0 Å². The molecule has 0 spiro atoms. The average Bonchev–Trinajstić information content (AvgIpc) is 3.10. The molecule has 0 saturated carbocycles. The number of amides is 2. The molecule has 3 N–H and O–H groups in total. The molecule has 138 valence electrons. The maximum Gasteiger partial charge on any atom is 0.248 e. The second-order valence-corrected chi connectivity index (χ2v) is 6.85. The number of nitrogens with two attached hydrogens (primary N) is 1. The van der Waals surface area contributed by atoms with E-state index in [1.165, 1.54) is 28.9 Å². The second kappa shape index (κ2) is 7.96. The lowest BCUT2D eigenvalue weighted by Crippen LogP contribution is -2.23. The van der Waals surface area contributed by atoms with E-state index in [0.29, 0.717) is 22.1 Å². The molecule has 0 radical (unpaired) electrons. The number of nitrogens with one attached hydrogen (secondary N) is 1. The van der Waals surface area contributed by atoms with E-state index in [0.717, 1.165) is 11.8 Å². The lowest BCUT2D eigenvalue weighted by atomic mass is 10.2. The summed E-state index contributed by atoms with van der Waals surface area (Å²) in [5.41, 5.74) is 6.52. The lowest BCUT2D eigenvalue weighted by Gasteiger charge is -2.12. The van der Waals surface area contributed by atoms with Crippen LogP contribution >= 0.6 is 11.8 Å². The third-order valence-electron chi connectivity index (χ3n) is 3.58. The smallest absolute Gasteiger partial charge is 0.248 e. The van der Waals surface area contributed by atoms with Crippen molar-refractivity contribution in [3.8, 4) is 5.69 Å². The van der Waals surface area contributed by atoms with Gasteiger partial charge in [-0.1, -0.05) is 17.8 Å². The van der Waals surface area contributed by atoms with Gasteiger partial charge in [-0.25, -0.2) is 4.39 Å². The van der Waals surface area contributed by atoms with Crippen LogP contribution in [0.25, 0.3) is 5.69 Å². The number of halogens is 1. The van der Waals surface area contributed by atoms with Gasteiger partial charge in [-0.05, 0) is 59.8 Å². The largest absolute Gasteiger partial charge is 0.366 e. The molecule has 10 heteroatoms. The van der Waals surface area contributed by atoms with Gasteiger partial charge in [-0.2, -0.15) is 4.68 Å². The van der Waals surface area contributed by atoms with Crippen molar-refractivity contribution in [1.29, 1.82) is 0 Å². The van der Waals surface area contributed by atoms with Crippen LogP contribution < -0.4 is 11.1 Å². The minimum atomic E-state index is -0.541. The fourth-order valence-electron chi connectivity index (χ4n) is 2.20. The summed E-state index contributed by atoms with van der Waals surface area (Å²) in [7, 11) is 0. The molecule has 0 aliphatic carbocycles. The number of carbonyl (C=O) groups is 2. The van der Waals surface area contributed by atoms with Gasteiger partial charge in [0.25, 0.3) is 0 Å². The first-order valence-corrected chi connectivity index (χ1v) is 8.73. The van der Waals surface area contributed by atoms with E-state index >= 15 is 0 Å². The Morgan fingerprint density at radius 1 is 1.22 bits per heavy atom. The summed E-state index contributed by atoms with van der Waals surface area (Å²) in [5.74, 6) is -1.23. The molecule has 27 heavy (non-hydrogen) atoms. The third kappa shape index (κ3) is 4.47. The number of carbonyl (C=O) groups excluding carboxylic acids is 2. The van der Waals surface area contributed by atoms with E-state index in [-0.39, 0.29) is 5.91 Å². The topological polar surface area (TPSA) is 116 Å². The fraction of sp³-hybridized carbons (Fsp3) is 0.118. The Morgan fingerprint density at radius 2 is 1.96 bits per heavy atom. The molecule has 1 aromatic heterocycles. The van der Waals surface area contributed by atoms with Crippen LogP contribution in [0.1, 0.15) is 17.3 Å². The van der Waals surface area contributed by atoms with Crippen molar-refractivity contribution in [3.63, 3.8) is 0 Å². The maximum atomic E-state index is 13.4. The number of tetrazole rings is 1. The van der Waals surface area contributed by atoms with Crippen LogP contribution in [0.5, 0.6) is 0 Å². The van der Waals surface area contributed by atoms with Gasteiger partial charge in [0, 0.05) is 11.3 Å². The molecule has 2 amide bonds. The van der Waals surface area contributed by atoms with Crippen LogP contribution in [-0.4, -0.2) is 37.3 Å². The average molecular weight is 386 g/mol. The summed E-state index contributed by atoms with van der Waals surface area (Å²) in [6, 6.07) is 12.1. The monoisotopic (exact) mass is 386 g/mol. The highest BCUT2D eigenvalue weighted by molar-refractivity contribution is 8.00. The first kappa shape index (κ1) is 18.5. The Bertz CT molecular complexity index is 976. The van der Waals surface area contributed by atoms with Crippen molar-refractivity contribution in [3.05, 3.63) is 59.9 Å². The molecule has 1 atom stereocenters. The predicted octanol–water partition coefficient (Wildman–Crippen LogP) is 2.02. The first-order valence-electron chi connectivity index (χ1n) is 7.86. The molecule has 1 heterocycles. The van der Waals surface area contributed by atoms with Gasteiger partial charge < -0.3 is 11.1 Å². The highest BCUT2D eigenvalue weighted by atomic mass is 32.2. The molecule has 2 aromatic carbocycles. The SMILES string of the molecule is CC(Sc1nnnn1-c1cccc(F)c1)C(=O)Nc1ccc(C(N)=O)cc1. The number of anilines is 1. The number of primary amides is 1. The highest BCUT2D eigenvalue weighted by Crippen LogP contribution is 2.24. The summed E-state index contributed by atoms with van der Waals surface area (Å²) in [6.45, 7) is 1.70. The van der Waals surface area contributed by atoms with Crippen molar-refractivity contribution in [2.45, 2.75) is 17.3 Å². The van der Waals surface area contributed by atoms with E-state index in [1.54, 1.807) is 31.2 Å². The minimum absolute atomic E-state index is 0.277. The number of thioether (sulfide) groups is 1. The second-order valence-electron chi connectivity index (χ2n) is 5.54. The summed E-state index contributed by atoms with van der Waals surface area (Å²) in [5, 5.41) is 13.9. The highest BCUT2D eigenvalue weighted by Gasteiger charge is 2.19. The standard InChI is InChI=1S/C17H15FN6O2S/c1-10(16(26)20-13-7-5-11(6-8-13)15(19)25)27-17-21-22-23-24(17)14-4-2-3-12(18)9-14/h2-10H,1H3,(H2,19,25)(H,20,26). The Hall–Kier alpha value is -3.27.